The Morgan fingerprint density at radius 3 is 2.66 bits per heavy atom. The molecule has 4 aromatic rings. The number of para-hydroxylation sites is 2. The summed E-state index contributed by atoms with van der Waals surface area (Å²) in [6.45, 7) is 6.77. The summed E-state index contributed by atoms with van der Waals surface area (Å²) in [5.41, 5.74) is 0.885. The third-order valence-electron chi connectivity index (χ3n) is 4.95. The molecule has 0 aliphatic carbocycles. The van der Waals surface area contributed by atoms with Crippen LogP contribution in [0.1, 0.15) is 30.0 Å². The predicted octanol–water partition coefficient (Wildman–Crippen LogP) is 4.88. The summed E-state index contributed by atoms with van der Waals surface area (Å²) in [4.78, 5) is 0. The Morgan fingerprint density at radius 1 is 1.06 bits per heavy atom. The quantitative estimate of drug-likeness (QED) is 0.293. The maximum absolute atomic E-state index is 6.13. The van der Waals surface area contributed by atoms with Gasteiger partial charge in [0.1, 0.15) is 6.61 Å². The molecule has 2 aromatic heterocycles. The van der Waals surface area contributed by atoms with Gasteiger partial charge in [0.25, 0.3) is 0 Å². The van der Waals surface area contributed by atoms with Gasteiger partial charge in [-0.2, -0.15) is 0 Å². The van der Waals surface area contributed by atoms with E-state index in [2.05, 4.69) is 27.0 Å². The van der Waals surface area contributed by atoms with Crippen molar-refractivity contribution in [2.75, 3.05) is 6.61 Å². The van der Waals surface area contributed by atoms with Crippen LogP contribution < -0.4 is 9.47 Å². The lowest BCUT2D eigenvalue weighted by Crippen LogP contribution is -2.25. The van der Waals surface area contributed by atoms with Gasteiger partial charge in [-0.05, 0) is 31.2 Å². The fourth-order valence-corrected chi connectivity index (χ4v) is 4.27. The highest BCUT2D eigenvalue weighted by molar-refractivity contribution is 7.99. The zero-order valence-corrected chi connectivity index (χ0v) is 18.2. The van der Waals surface area contributed by atoms with Crippen LogP contribution in [0, 0.1) is 0 Å². The Bertz CT molecular complexity index is 1220. The largest absolute Gasteiger partial charge is 0.485 e. The first kappa shape index (κ1) is 20.3. The molecule has 32 heavy (non-hydrogen) atoms. The number of aromatic nitrogens is 5. The van der Waals surface area contributed by atoms with Crippen LogP contribution in [0.4, 0.5) is 0 Å². The summed E-state index contributed by atoms with van der Waals surface area (Å²) in [7, 11) is 0. The fraction of sp³-hybridized carbons (Fsp3) is 0.217. The van der Waals surface area contributed by atoms with E-state index >= 15 is 0 Å². The molecule has 0 bridgehead atoms. The van der Waals surface area contributed by atoms with E-state index in [0.29, 0.717) is 41.7 Å². The summed E-state index contributed by atoms with van der Waals surface area (Å²) in [5, 5.41) is 17.8. The van der Waals surface area contributed by atoms with Crippen molar-refractivity contribution in [2.45, 2.75) is 30.0 Å². The number of allylic oxidation sites excluding steroid dienone is 1. The van der Waals surface area contributed by atoms with Crippen LogP contribution in [0.15, 0.2) is 76.8 Å². The highest BCUT2D eigenvalue weighted by atomic mass is 32.2. The van der Waals surface area contributed by atoms with E-state index < -0.39 is 0 Å². The van der Waals surface area contributed by atoms with Gasteiger partial charge in [-0.15, -0.1) is 27.0 Å². The normalized spacial score (nSPS) is 16.0. The zero-order chi connectivity index (χ0) is 21.9. The van der Waals surface area contributed by atoms with Gasteiger partial charge in [0.15, 0.2) is 28.6 Å². The van der Waals surface area contributed by atoms with E-state index in [1.54, 1.807) is 6.08 Å². The van der Waals surface area contributed by atoms with Crippen LogP contribution in [0.25, 0.3) is 11.5 Å². The number of hydrogen-bond acceptors (Lipinski definition) is 8. The van der Waals surface area contributed by atoms with Crippen molar-refractivity contribution in [1.29, 1.82) is 0 Å². The van der Waals surface area contributed by atoms with E-state index in [0.717, 1.165) is 11.3 Å². The molecular formula is C23H21N5O3S. The first-order valence-corrected chi connectivity index (χ1v) is 11.1. The SMILES string of the molecule is C=CCn1c(SC(C)c2nnc(-c3ccccc3)o2)nnc1C1COc2ccccc2O1. The number of rotatable bonds is 7. The summed E-state index contributed by atoms with van der Waals surface area (Å²) in [5.74, 6) is 3.12. The molecule has 8 nitrogen and oxygen atoms in total. The number of nitrogens with zero attached hydrogens (tertiary/aromatic N) is 5. The van der Waals surface area contributed by atoms with Crippen LogP contribution in [-0.2, 0) is 6.54 Å². The van der Waals surface area contributed by atoms with Crippen LogP contribution in [0.5, 0.6) is 11.5 Å². The van der Waals surface area contributed by atoms with Crippen molar-refractivity contribution in [3.05, 3.63) is 79.0 Å². The summed E-state index contributed by atoms with van der Waals surface area (Å²) in [6, 6.07) is 17.3. The highest BCUT2D eigenvalue weighted by Gasteiger charge is 2.29. The van der Waals surface area contributed by atoms with Crippen molar-refractivity contribution in [1.82, 2.24) is 25.0 Å². The summed E-state index contributed by atoms with van der Waals surface area (Å²) in [6.07, 6.45) is 1.44. The van der Waals surface area contributed by atoms with Gasteiger partial charge in [-0.25, -0.2) is 0 Å². The Hall–Kier alpha value is -3.59. The van der Waals surface area contributed by atoms with Gasteiger partial charge in [0.05, 0.1) is 5.25 Å². The molecule has 2 unspecified atom stereocenters. The monoisotopic (exact) mass is 447 g/mol. The maximum Gasteiger partial charge on any atom is 0.247 e. The molecule has 5 rings (SSSR count). The Balaban J connectivity index is 1.36. The standard InChI is InChI=1S/C23H21N5O3S/c1-3-13-28-20(19-14-29-17-11-7-8-12-18(17)30-19)24-27-23(28)32-15(2)21-25-26-22(31-21)16-9-5-4-6-10-16/h3-12,15,19H,1,13-14H2,2H3. The molecule has 0 saturated carbocycles. The average molecular weight is 448 g/mol. The van der Waals surface area contributed by atoms with Crippen LogP contribution in [-0.4, -0.2) is 31.6 Å². The fourth-order valence-electron chi connectivity index (χ4n) is 3.38. The predicted molar refractivity (Wildman–Crippen MR) is 120 cm³/mol. The van der Waals surface area contributed by atoms with E-state index in [4.69, 9.17) is 13.9 Å². The van der Waals surface area contributed by atoms with Gasteiger partial charge in [-0.1, -0.05) is 48.2 Å². The number of ether oxygens (including phenoxy) is 2. The van der Waals surface area contributed by atoms with Crippen LogP contribution >= 0.6 is 11.8 Å². The first-order valence-electron chi connectivity index (χ1n) is 10.2. The second-order valence-electron chi connectivity index (χ2n) is 7.18. The summed E-state index contributed by atoms with van der Waals surface area (Å²) >= 11 is 1.49. The minimum Gasteiger partial charge on any atom is -0.485 e. The number of benzene rings is 2. The molecular weight excluding hydrogens is 426 g/mol. The molecule has 0 saturated heterocycles. The van der Waals surface area contributed by atoms with Gasteiger partial charge in [-0.3, -0.25) is 4.57 Å². The van der Waals surface area contributed by atoms with Crippen molar-refractivity contribution < 1.29 is 13.9 Å². The van der Waals surface area contributed by atoms with Gasteiger partial charge >= 0.3 is 0 Å². The zero-order valence-electron chi connectivity index (χ0n) is 17.4. The molecule has 2 aromatic carbocycles. The lowest BCUT2D eigenvalue weighted by Gasteiger charge is -2.26. The van der Waals surface area contributed by atoms with Crippen molar-refractivity contribution in [2.24, 2.45) is 0 Å². The second kappa shape index (κ2) is 8.88. The summed E-state index contributed by atoms with van der Waals surface area (Å²) < 4.78 is 19.9. The molecule has 3 heterocycles. The molecule has 0 radical (unpaired) electrons. The molecule has 9 heteroatoms. The molecule has 0 N–H and O–H groups in total. The van der Waals surface area contributed by atoms with Gasteiger partial charge < -0.3 is 13.9 Å². The third-order valence-corrected chi connectivity index (χ3v) is 6.01. The maximum atomic E-state index is 6.13. The minimum absolute atomic E-state index is 0.121. The van der Waals surface area contributed by atoms with Crippen molar-refractivity contribution in [3.63, 3.8) is 0 Å². The van der Waals surface area contributed by atoms with E-state index in [1.165, 1.54) is 11.8 Å². The van der Waals surface area contributed by atoms with Gasteiger partial charge in [0.2, 0.25) is 11.8 Å². The molecule has 2 atom stereocenters. The topological polar surface area (TPSA) is 88.1 Å². The van der Waals surface area contributed by atoms with Crippen LogP contribution in [0.2, 0.25) is 0 Å². The molecule has 0 amide bonds. The molecule has 1 aliphatic rings. The molecule has 162 valence electrons. The Morgan fingerprint density at radius 2 is 1.84 bits per heavy atom. The lowest BCUT2D eigenvalue weighted by atomic mass is 10.2. The first-order chi connectivity index (χ1) is 15.7. The van der Waals surface area contributed by atoms with E-state index in [-0.39, 0.29) is 11.4 Å². The van der Waals surface area contributed by atoms with Crippen LogP contribution in [0.3, 0.4) is 0 Å². The molecule has 1 aliphatic heterocycles. The van der Waals surface area contributed by atoms with Crippen molar-refractivity contribution >= 4 is 11.8 Å². The second-order valence-corrected chi connectivity index (χ2v) is 8.48. The molecule has 0 spiro atoms. The number of hydrogen-bond donors (Lipinski definition) is 0. The van der Waals surface area contributed by atoms with Crippen molar-refractivity contribution in [3.8, 4) is 23.0 Å². The lowest BCUT2D eigenvalue weighted by molar-refractivity contribution is 0.0821. The Kier molecular flexibility index (Phi) is 5.64. The highest BCUT2D eigenvalue weighted by Crippen LogP contribution is 2.38. The van der Waals surface area contributed by atoms with E-state index in [1.807, 2.05) is 66.1 Å². The van der Waals surface area contributed by atoms with E-state index in [9.17, 15) is 0 Å². The third kappa shape index (κ3) is 3.99. The smallest absolute Gasteiger partial charge is 0.247 e. The average Bonchev–Trinajstić information content (AvgIpc) is 3.48. The number of thioether (sulfide) groups is 1. The number of fused-ring (bicyclic) bond motifs is 1. The minimum atomic E-state index is -0.366. The molecule has 0 fully saturated rings. The Labute approximate surface area is 189 Å². The van der Waals surface area contributed by atoms with Gasteiger partial charge in [0, 0.05) is 12.1 Å².